The number of nitrogens with one attached hydrogen (secondary N) is 1. The maximum atomic E-state index is 11.8. The quantitative estimate of drug-likeness (QED) is 0.818. The van der Waals surface area contributed by atoms with Crippen molar-refractivity contribution in [1.82, 2.24) is 4.90 Å². The van der Waals surface area contributed by atoms with Crippen molar-refractivity contribution in [3.63, 3.8) is 0 Å². The van der Waals surface area contributed by atoms with Gasteiger partial charge in [-0.25, -0.2) is 9.59 Å². The van der Waals surface area contributed by atoms with Gasteiger partial charge in [-0.2, -0.15) is 0 Å². The molecule has 0 saturated carbocycles. The highest BCUT2D eigenvalue weighted by Crippen LogP contribution is 2.20. The summed E-state index contributed by atoms with van der Waals surface area (Å²) >= 11 is 0. The van der Waals surface area contributed by atoms with Crippen molar-refractivity contribution in [2.24, 2.45) is 0 Å². The van der Waals surface area contributed by atoms with E-state index in [1.807, 2.05) is 0 Å². The van der Waals surface area contributed by atoms with Crippen LogP contribution in [0.25, 0.3) is 0 Å². The number of carboxylic acid groups (broad SMARTS) is 1. The highest BCUT2D eigenvalue weighted by Gasteiger charge is 2.13. The van der Waals surface area contributed by atoms with Gasteiger partial charge < -0.3 is 15.3 Å². The number of amides is 2. The number of urea groups is 1. The molecule has 1 aromatic carbocycles. The molecule has 0 heterocycles. The molecule has 0 aliphatic rings. The summed E-state index contributed by atoms with van der Waals surface area (Å²) in [5, 5.41) is 11.7. The molecule has 0 atom stereocenters. The van der Waals surface area contributed by atoms with Crippen molar-refractivity contribution in [3.05, 3.63) is 28.8 Å². The van der Waals surface area contributed by atoms with Gasteiger partial charge in [0.05, 0.1) is 12.1 Å². The topological polar surface area (TPSA) is 69.6 Å². The van der Waals surface area contributed by atoms with Gasteiger partial charge in [-0.1, -0.05) is 5.92 Å². The van der Waals surface area contributed by atoms with Gasteiger partial charge in [0.1, 0.15) is 0 Å². The standard InChI is InChI=1S/C14H16N2O3/c1-5-6-16(4)14(19)15-11-7-9(2)10(3)12(8-11)13(17)18/h1,7-8H,6H2,2-4H3,(H,15,19)(H,17,18). The largest absolute Gasteiger partial charge is 0.478 e. The number of hydrogen-bond acceptors (Lipinski definition) is 2. The number of benzene rings is 1. The number of anilines is 1. The molecule has 1 aromatic rings. The molecule has 0 radical (unpaired) electrons. The molecule has 0 spiro atoms. The Kier molecular flexibility index (Phi) is 4.54. The van der Waals surface area contributed by atoms with Crippen LogP contribution >= 0.6 is 0 Å². The Morgan fingerprint density at radius 2 is 2.05 bits per heavy atom. The molecule has 19 heavy (non-hydrogen) atoms. The number of carbonyl (C=O) groups excluding carboxylic acids is 1. The van der Waals surface area contributed by atoms with Gasteiger partial charge >= 0.3 is 12.0 Å². The maximum Gasteiger partial charge on any atom is 0.336 e. The molecule has 0 bridgehead atoms. The number of hydrogen-bond donors (Lipinski definition) is 2. The van der Waals surface area contributed by atoms with Crippen LogP contribution in [0.15, 0.2) is 12.1 Å². The van der Waals surface area contributed by atoms with Crippen molar-refractivity contribution in [1.29, 1.82) is 0 Å². The molecule has 2 N–H and O–H groups in total. The molecule has 0 aromatic heterocycles. The van der Waals surface area contributed by atoms with Crippen molar-refractivity contribution in [2.75, 3.05) is 18.9 Å². The van der Waals surface area contributed by atoms with Crippen molar-refractivity contribution in [2.45, 2.75) is 13.8 Å². The molecule has 2 amide bonds. The summed E-state index contributed by atoms with van der Waals surface area (Å²) in [6.07, 6.45) is 5.12. The second kappa shape index (κ2) is 5.91. The molecule has 0 aliphatic carbocycles. The number of aryl methyl sites for hydroxylation is 1. The summed E-state index contributed by atoms with van der Waals surface area (Å²) in [7, 11) is 1.56. The minimum atomic E-state index is -1.02. The molecule has 100 valence electrons. The second-order valence-electron chi connectivity index (χ2n) is 4.26. The zero-order chi connectivity index (χ0) is 14.6. The number of nitrogens with zero attached hydrogens (tertiary/aromatic N) is 1. The average molecular weight is 260 g/mol. The minimum absolute atomic E-state index is 0.176. The lowest BCUT2D eigenvalue weighted by molar-refractivity contribution is 0.0696. The van der Waals surface area contributed by atoms with Gasteiger partial charge in [0.25, 0.3) is 0 Å². The fraction of sp³-hybridized carbons (Fsp3) is 0.286. The molecular weight excluding hydrogens is 244 g/mol. The lowest BCUT2D eigenvalue weighted by atomic mass is 10.0. The van der Waals surface area contributed by atoms with E-state index in [0.29, 0.717) is 11.3 Å². The summed E-state index contributed by atoms with van der Waals surface area (Å²) in [4.78, 5) is 24.2. The second-order valence-corrected chi connectivity index (χ2v) is 4.26. The van der Waals surface area contributed by atoms with Crippen LogP contribution in [-0.4, -0.2) is 35.6 Å². The summed E-state index contributed by atoms with van der Waals surface area (Å²) < 4.78 is 0. The predicted octanol–water partition coefficient (Wildman–Crippen LogP) is 2.10. The van der Waals surface area contributed by atoms with E-state index in [-0.39, 0.29) is 18.1 Å². The Bertz CT molecular complexity index is 559. The van der Waals surface area contributed by atoms with E-state index in [4.69, 9.17) is 11.5 Å². The number of carboxylic acids is 1. The van der Waals surface area contributed by atoms with E-state index in [9.17, 15) is 9.59 Å². The number of terminal acetylenes is 1. The first kappa shape index (κ1) is 14.6. The van der Waals surface area contributed by atoms with E-state index in [1.165, 1.54) is 11.0 Å². The Labute approximate surface area is 112 Å². The monoisotopic (exact) mass is 260 g/mol. The fourth-order valence-electron chi connectivity index (χ4n) is 1.58. The Morgan fingerprint density at radius 1 is 1.42 bits per heavy atom. The van der Waals surface area contributed by atoms with Crippen LogP contribution in [0.1, 0.15) is 21.5 Å². The summed E-state index contributed by atoms with van der Waals surface area (Å²) in [5.74, 6) is 1.34. The third-order valence-electron chi connectivity index (χ3n) is 2.82. The van der Waals surface area contributed by atoms with Crippen LogP contribution in [0, 0.1) is 26.2 Å². The molecule has 0 fully saturated rings. The highest BCUT2D eigenvalue weighted by molar-refractivity contribution is 5.94. The molecule has 0 saturated heterocycles. The van der Waals surface area contributed by atoms with Gasteiger partial charge in [-0.05, 0) is 37.1 Å². The smallest absolute Gasteiger partial charge is 0.336 e. The molecule has 5 nitrogen and oxygen atoms in total. The van der Waals surface area contributed by atoms with Gasteiger partial charge in [0.15, 0.2) is 0 Å². The van der Waals surface area contributed by atoms with Crippen molar-refractivity contribution < 1.29 is 14.7 Å². The van der Waals surface area contributed by atoms with E-state index in [2.05, 4.69) is 11.2 Å². The number of carbonyl (C=O) groups is 2. The van der Waals surface area contributed by atoms with Gasteiger partial charge in [-0.3, -0.25) is 0 Å². The van der Waals surface area contributed by atoms with Gasteiger partial charge in [-0.15, -0.1) is 6.42 Å². The molecular formula is C14H16N2O3. The zero-order valence-corrected chi connectivity index (χ0v) is 11.2. The van der Waals surface area contributed by atoms with Crippen LogP contribution in [-0.2, 0) is 0 Å². The van der Waals surface area contributed by atoms with Crippen LogP contribution < -0.4 is 5.32 Å². The molecule has 0 unspecified atom stereocenters. The minimum Gasteiger partial charge on any atom is -0.478 e. The van der Waals surface area contributed by atoms with Crippen molar-refractivity contribution in [3.8, 4) is 12.3 Å². The Hall–Kier alpha value is -2.48. The highest BCUT2D eigenvalue weighted by atomic mass is 16.4. The van der Waals surface area contributed by atoms with Gasteiger partial charge in [0, 0.05) is 12.7 Å². The summed E-state index contributed by atoms with van der Waals surface area (Å²) in [5.41, 5.74) is 2.10. The predicted molar refractivity (Wildman–Crippen MR) is 73.4 cm³/mol. The van der Waals surface area contributed by atoms with Crippen LogP contribution in [0.2, 0.25) is 0 Å². The Balaban J connectivity index is 3.00. The fourth-order valence-corrected chi connectivity index (χ4v) is 1.58. The van der Waals surface area contributed by atoms with Crippen LogP contribution in [0.4, 0.5) is 10.5 Å². The van der Waals surface area contributed by atoms with Crippen LogP contribution in [0.5, 0.6) is 0 Å². The number of rotatable bonds is 3. The lowest BCUT2D eigenvalue weighted by Crippen LogP contribution is -2.31. The maximum absolute atomic E-state index is 11.8. The normalized spacial score (nSPS) is 9.58. The van der Waals surface area contributed by atoms with Gasteiger partial charge in [0.2, 0.25) is 0 Å². The zero-order valence-electron chi connectivity index (χ0n) is 11.2. The Morgan fingerprint density at radius 3 is 2.58 bits per heavy atom. The van der Waals surface area contributed by atoms with Crippen molar-refractivity contribution >= 4 is 17.7 Å². The summed E-state index contributed by atoms with van der Waals surface area (Å²) in [6.45, 7) is 3.71. The third kappa shape index (κ3) is 3.49. The first-order valence-corrected chi connectivity index (χ1v) is 5.67. The first-order chi connectivity index (χ1) is 8.86. The SMILES string of the molecule is C#CCN(C)C(=O)Nc1cc(C)c(C)c(C(=O)O)c1. The van der Waals surface area contributed by atoms with Crippen LogP contribution in [0.3, 0.4) is 0 Å². The lowest BCUT2D eigenvalue weighted by Gasteiger charge is -2.16. The summed E-state index contributed by atoms with van der Waals surface area (Å²) in [6, 6.07) is 2.79. The van der Waals surface area contributed by atoms with E-state index in [0.717, 1.165) is 5.56 Å². The van der Waals surface area contributed by atoms with E-state index < -0.39 is 5.97 Å². The average Bonchev–Trinajstić information content (AvgIpc) is 2.33. The molecule has 1 rings (SSSR count). The van der Waals surface area contributed by atoms with E-state index in [1.54, 1.807) is 27.0 Å². The molecule has 5 heteroatoms. The first-order valence-electron chi connectivity index (χ1n) is 5.67. The molecule has 0 aliphatic heterocycles. The number of aromatic carboxylic acids is 1. The van der Waals surface area contributed by atoms with E-state index >= 15 is 0 Å². The third-order valence-corrected chi connectivity index (χ3v) is 2.82.